The fourth-order valence-corrected chi connectivity index (χ4v) is 3.38. The molecular weight excluding hydrogens is 390 g/mol. The summed E-state index contributed by atoms with van der Waals surface area (Å²) in [6.45, 7) is 10.3. The average Bonchev–Trinajstić information content (AvgIpc) is 2.76. The lowest BCUT2D eigenvalue weighted by atomic mass is 10.1. The molecule has 2 unspecified atom stereocenters. The van der Waals surface area contributed by atoms with Gasteiger partial charge in [0, 0.05) is 38.3 Å². The molecule has 2 amide bonds. The van der Waals surface area contributed by atoms with Crippen molar-refractivity contribution in [1.82, 2.24) is 15.5 Å². The van der Waals surface area contributed by atoms with Crippen molar-refractivity contribution in [1.29, 1.82) is 0 Å². The number of amides is 2. The molecular formula is C25H47N3O3. The van der Waals surface area contributed by atoms with E-state index in [1.807, 2.05) is 12.2 Å². The number of nitrogens with zero attached hydrogens (tertiary/aromatic N) is 1. The van der Waals surface area contributed by atoms with Crippen LogP contribution in [0.5, 0.6) is 0 Å². The second-order valence-corrected chi connectivity index (χ2v) is 8.30. The summed E-state index contributed by atoms with van der Waals surface area (Å²) in [7, 11) is 0. The lowest BCUT2D eigenvalue weighted by Crippen LogP contribution is -2.50. The van der Waals surface area contributed by atoms with Crippen LogP contribution in [-0.4, -0.2) is 60.1 Å². The molecule has 6 heteroatoms. The van der Waals surface area contributed by atoms with E-state index in [1.54, 1.807) is 12.2 Å². The van der Waals surface area contributed by atoms with Crippen LogP contribution in [0.2, 0.25) is 0 Å². The molecule has 0 saturated carbocycles. The van der Waals surface area contributed by atoms with Gasteiger partial charge in [-0.15, -0.1) is 0 Å². The number of nitrogens with one attached hydrogen (secondary N) is 2. The van der Waals surface area contributed by atoms with Crippen molar-refractivity contribution in [3.05, 3.63) is 24.3 Å². The fourth-order valence-electron chi connectivity index (χ4n) is 3.38. The predicted octanol–water partition coefficient (Wildman–Crippen LogP) is 3.95. The molecule has 0 heterocycles. The molecule has 0 aromatic rings. The summed E-state index contributed by atoms with van der Waals surface area (Å²) in [4.78, 5) is 26.3. The van der Waals surface area contributed by atoms with Gasteiger partial charge in [0.05, 0.1) is 0 Å². The number of hydrogen-bond acceptors (Lipinski definition) is 4. The van der Waals surface area contributed by atoms with Crippen LogP contribution in [0.15, 0.2) is 24.3 Å². The van der Waals surface area contributed by atoms with Gasteiger partial charge in [-0.05, 0) is 58.1 Å². The number of carbonyl (C=O) groups is 2. The summed E-state index contributed by atoms with van der Waals surface area (Å²) in [6, 6.07) is 0.195. The van der Waals surface area contributed by atoms with Gasteiger partial charge in [-0.3, -0.25) is 14.5 Å². The molecule has 180 valence electrons. The Morgan fingerprint density at radius 3 is 1.65 bits per heavy atom. The molecule has 0 radical (unpaired) electrons. The Balaban J connectivity index is 4.47. The number of rotatable bonds is 19. The van der Waals surface area contributed by atoms with Crippen molar-refractivity contribution in [3.8, 4) is 0 Å². The van der Waals surface area contributed by atoms with E-state index in [-0.39, 0.29) is 30.5 Å². The number of aliphatic hydroxyl groups excluding tert-OH is 1. The van der Waals surface area contributed by atoms with Crippen molar-refractivity contribution in [3.63, 3.8) is 0 Å². The third-order valence-electron chi connectivity index (χ3n) is 5.34. The van der Waals surface area contributed by atoms with Crippen molar-refractivity contribution < 1.29 is 14.7 Å². The van der Waals surface area contributed by atoms with Gasteiger partial charge in [-0.1, -0.05) is 51.7 Å². The van der Waals surface area contributed by atoms with E-state index >= 15 is 0 Å². The predicted molar refractivity (Wildman–Crippen MR) is 130 cm³/mol. The zero-order chi connectivity index (χ0) is 23.3. The van der Waals surface area contributed by atoms with Crippen LogP contribution in [-0.2, 0) is 9.59 Å². The van der Waals surface area contributed by atoms with Crippen LogP contribution in [0.1, 0.15) is 85.5 Å². The molecule has 0 aliphatic carbocycles. The lowest BCUT2D eigenvalue weighted by molar-refractivity contribution is -0.117. The maximum absolute atomic E-state index is 12.0. The summed E-state index contributed by atoms with van der Waals surface area (Å²) in [5.41, 5.74) is 0. The van der Waals surface area contributed by atoms with Crippen LogP contribution in [0.4, 0.5) is 0 Å². The quantitative estimate of drug-likeness (QED) is 0.211. The normalized spacial score (nSPS) is 13.7. The molecule has 0 bridgehead atoms. The molecule has 0 aromatic heterocycles. The molecule has 31 heavy (non-hydrogen) atoms. The average molecular weight is 438 g/mol. The number of unbranched alkanes of at least 4 members (excludes halogenated alkanes) is 6. The van der Waals surface area contributed by atoms with Crippen LogP contribution in [0.3, 0.4) is 0 Å². The van der Waals surface area contributed by atoms with Crippen molar-refractivity contribution in [2.45, 2.75) is 97.6 Å². The molecule has 0 fully saturated rings. The number of carbonyl (C=O) groups excluding carboxylic acids is 2. The van der Waals surface area contributed by atoms with Crippen molar-refractivity contribution >= 4 is 11.8 Å². The number of allylic oxidation sites excluding steroid dienone is 2. The molecule has 0 rings (SSSR count). The summed E-state index contributed by atoms with van der Waals surface area (Å²) in [6.07, 6.45) is 16.6. The fraction of sp³-hybridized carbons (Fsp3) is 0.760. The minimum Gasteiger partial charge on any atom is -0.396 e. The monoisotopic (exact) mass is 437 g/mol. The van der Waals surface area contributed by atoms with E-state index in [4.69, 9.17) is 0 Å². The highest BCUT2D eigenvalue weighted by Gasteiger charge is 2.20. The maximum Gasteiger partial charge on any atom is 0.243 e. The first-order valence-electron chi connectivity index (χ1n) is 12.2. The first kappa shape index (κ1) is 29.3. The molecule has 0 aliphatic rings. The third-order valence-corrected chi connectivity index (χ3v) is 5.34. The van der Waals surface area contributed by atoms with E-state index in [1.165, 1.54) is 25.7 Å². The zero-order valence-corrected chi connectivity index (χ0v) is 20.4. The highest BCUT2D eigenvalue weighted by molar-refractivity contribution is 5.87. The van der Waals surface area contributed by atoms with E-state index in [9.17, 15) is 14.7 Å². The Hall–Kier alpha value is -1.66. The van der Waals surface area contributed by atoms with Gasteiger partial charge in [-0.25, -0.2) is 0 Å². The highest BCUT2D eigenvalue weighted by Crippen LogP contribution is 2.07. The van der Waals surface area contributed by atoms with Gasteiger partial charge < -0.3 is 15.7 Å². The molecule has 6 nitrogen and oxygen atoms in total. The SMILES string of the molecule is CCCCC/C=C/C(=O)NCC(C)N(CCCO)C(C)CNC(=O)/C=C/CCCCC. The van der Waals surface area contributed by atoms with Crippen LogP contribution < -0.4 is 10.6 Å². The Labute approximate surface area is 190 Å². The van der Waals surface area contributed by atoms with Crippen LogP contribution >= 0.6 is 0 Å². The van der Waals surface area contributed by atoms with E-state index in [2.05, 4.69) is 43.2 Å². The molecule has 0 aromatic carbocycles. The van der Waals surface area contributed by atoms with E-state index in [0.29, 0.717) is 26.1 Å². The van der Waals surface area contributed by atoms with Gasteiger partial charge in [0.25, 0.3) is 0 Å². The molecule has 0 aliphatic heterocycles. The summed E-state index contributed by atoms with van der Waals surface area (Å²) >= 11 is 0. The number of aliphatic hydroxyl groups is 1. The Morgan fingerprint density at radius 2 is 1.26 bits per heavy atom. The van der Waals surface area contributed by atoms with Crippen molar-refractivity contribution in [2.24, 2.45) is 0 Å². The van der Waals surface area contributed by atoms with E-state index in [0.717, 1.165) is 25.7 Å². The minimum atomic E-state index is -0.0698. The Bertz CT molecular complexity index is 478. The summed E-state index contributed by atoms with van der Waals surface area (Å²) < 4.78 is 0. The molecule has 2 atom stereocenters. The summed E-state index contributed by atoms with van der Waals surface area (Å²) in [5, 5.41) is 15.2. The zero-order valence-electron chi connectivity index (χ0n) is 20.4. The van der Waals surface area contributed by atoms with Gasteiger partial charge in [0.1, 0.15) is 0 Å². The Morgan fingerprint density at radius 1 is 0.806 bits per heavy atom. The molecule has 0 spiro atoms. The van der Waals surface area contributed by atoms with Gasteiger partial charge in [0.15, 0.2) is 0 Å². The standard InChI is InChI=1S/C25H47N3O3/c1-5-7-9-11-13-16-24(30)26-20-22(3)28(18-15-19-29)23(4)21-27-25(31)17-14-12-10-8-6-2/h13-14,16-17,22-23,29H,5-12,15,18-21H2,1-4H3,(H,26,30)(H,27,31)/b16-13+,17-14+. The number of hydrogen-bond donors (Lipinski definition) is 3. The highest BCUT2D eigenvalue weighted by atomic mass is 16.3. The lowest BCUT2D eigenvalue weighted by Gasteiger charge is -2.34. The largest absolute Gasteiger partial charge is 0.396 e. The first-order chi connectivity index (χ1) is 15.0. The third kappa shape index (κ3) is 16.7. The van der Waals surface area contributed by atoms with Gasteiger partial charge in [-0.2, -0.15) is 0 Å². The first-order valence-corrected chi connectivity index (χ1v) is 12.2. The molecule has 3 N–H and O–H groups in total. The van der Waals surface area contributed by atoms with E-state index < -0.39 is 0 Å². The topological polar surface area (TPSA) is 81.7 Å². The van der Waals surface area contributed by atoms with Gasteiger partial charge in [0.2, 0.25) is 11.8 Å². The smallest absolute Gasteiger partial charge is 0.243 e. The minimum absolute atomic E-state index is 0.0698. The second kappa shape index (κ2) is 20.3. The Kier molecular flexibility index (Phi) is 19.2. The van der Waals surface area contributed by atoms with Crippen LogP contribution in [0, 0.1) is 0 Å². The molecule has 0 saturated heterocycles. The summed E-state index contributed by atoms with van der Waals surface area (Å²) in [5.74, 6) is -0.140. The maximum atomic E-state index is 12.0. The van der Waals surface area contributed by atoms with Gasteiger partial charge >= 0.3 is 0 Å². The van der Waals surface area contributed by atoms with Crippen molar-refractivity contribution in [2.75, 3.05) is 26.2 Å². The van der Waals surface area contributed by atoms with Crippen LogP contribution in [0.25, 0.3) is 0 Å². The second-order valence-electron chi connectivity index (χ2n) is 8.30.